The normalized spacial score (nSPS) is 18.2. The van der Waals surface area contributed by atoms with E-state index in [4.69, 9.17) is 9.47 Å². The van der Waals surface area contributed by atoms with E-state index >= 15 is 0 Å². The quantitative estimate of drug-likeness (QED) is 0.490. The van der Waals surface area contributed by atoms with Crippen LogP contribution in [0.15, 0.2) is 78.9 Å². The molecule has 164 valence electrons. The highest BCUT2D eigenvalue weighted by atomic mass is 16.5. The second-order valence-electron chi connectivity index (χ2n) is 8.46. The first kappa shape index (κ1) is 20.7. The average Bonchev–Trinajstić information content (AvgIpc) is 3.22. The zero-order valence-corrected chi connectivity index (χ0v) is 18.6. The second kappa shape index (κ2) is 9.49. The molecule has 0 saturated carbocycles. The van der Waals surface area contributed by atoms with E-state index in [-0.39, 0.29) is 0 Å². The number of rotatable bonds is 6. The first-order valence-electron chi connectivity index (χ1n) is 11.4. The Morgan fingerprint density at radius 3 is 2.59 bits per heavy atom. The van der Waals surface area contributed by atoms with Gasteiger partial charge in [-0.3, -0.25) is 4.90 Å². The largest absolute Gasteiger partial charge is 0.497 e. The van der Waals surface area contributed by atoms with Gasteiger partial charge in [0, 0.05) is 30.4 Å². The van der Waals surface area contributed by atoms with E-state index in [1.807, 2.05) is 12.1 Å². The number of anilines is 2. The predicted molar refractivity (Wildman–Crippen MR) is 131 cm³/mol. The van der Waals surface area contributed by atoms with Crippen molar-refractivity contribution in [2.45, 2.75) is 25.5 Å². The summed E-state index contributed by atoms with van der Waals surface area (Å²) in [5, 5.41) is 0. The van der Waals surface area contributed by atoms with Gasteiger partial charge in [0.05, 0.1) is 12.8 Å². The highest BCUT2D eigenvalue weighted by Gasteiger charge is 2.29. The van der Waals surface area contributed by atoms with E-state index in [9.17, 15) is 0 Å². The maximum absolute atomic E-state index is 6.15. The molecule has 3 aromatic rings. The fourth-order valence-corrected chi connectivity index (χ4v) is 4.77. The SMILES string of the molecule is COc1ccc(C=CCN2CCC[C@@H]2CN2c3ccccc3COc3ccccc32)cc1. The zero-order valence-electron chi connectivity index (χ0n) is 18.6. The Labute approximate surface area is 190 Å². The minimum atomic E-state index is 0.509. The lowest BCUT2D eigenvalue weighted by molar-refractivity contribution is 0.285. The van der Waals surface area contributed by atoms with Gasteiger partial charge >= 0.3 is 0 Å². The van der Waals surface area contributed by atoms with Crippen LogP contribution in [0.1, 0.15) is 24.0 Å². The fraction of sp³-hybridized carbons (Fsp3) is 0.286. The van der Waals surface area contributed by atoms with Gasteiger partial charge in [0.15, 0.2) is 0 Å². The number of ether oxygens (including phenoxy) is 2. The van der Waals surface area contributed by atoms with Crippen molar-refractivity contribution in [3.05, 3.63) is 90.0 Å². The minimum Gasteiger partial charge on any atom is -0.497 e. The van der Waals surface area contributed by atoms with E-state index in [0.717, 1.165) is 36.8 Å². The molecule has 4 nitrogen and oxygen atoms in total. The first-order chi connectivity index (χ1) is 15.8. The molecule has 5 rings (SSSR count). The van der Waals surface area contributed by atoms with Gasteiger partial charge in [-0.1, -0.05) is 54.6 Å². The Kier molecular flexibility index (Phi) is 6.13. The summed E-state index contributed by atoms with van der Waals surface area (Å²) in [6.07, 6.45) is 6.96. The van der Waals surface area contributed by atoms with Crippen molar-refractivity contribution in [2.24, 2.45) is 0 Å². The van der Waals surface area contributed by atoms with Gasteiger partial charge in [-0.05, 0) is 55.3 Å². The lowest BCUT2D eigenvalue weighted by atomic mass is 10.1. The van der Waals surface area contributed by atoms with Crippen LogP contribution in [-0.2, 0) is 6.61 Å². The molecule has 2 aliphatic rings. The molecule has 0 bridgehead atoms. The molecule has 0 spiro atoms. The molecule has 3 aromatic carbocycles. The summed E-state index contributed by atoms with van der Waals surface area (Å²) in [6, 6.07) is 25.8. The van der Waals surface area contributed by atoms with Crippen molar-refractivity contribution in [3.8, 4) is 11.5 Å². The number of fused-ring (bicyclic) bond motifs is 2. The Hall–Kier alpha value is -3.24. The van der Waals surface area contributed by atoms with Crippen LogP contribution in [0.2, 0.25) is 0 Å². The topological polar surface area (TPSA) is 24.9 Å². The third-order valence-corrected chi connectivity index (χ3v) is 6.48. The van der Waals surface area contributed by atoms with E-state index in [0.29, 0.717) is 12.6 Å². The molecule has 1 saturated heterocycles. The maximum Gasteiger partial charge on any atom is 0.143 e. The van der Waals surface area contributed by atoms with Gasteiger partial charge < -0.3 is 14.4 Å². The third-order valence-electron chi connectivity index (χ3n) is 6.48. The predicted octanol–water partition coefficient (Wildman–Crippen LogP) is 5.90. The smallest absolute Gasteiger partial charge is 0.143 e. The first-order valence-corrected chi connectivity index (χ1v) is 11.4. The van der Waals surface area contributed by atoms with E-state index < -0.39 is 0 Å². The summed E-state index contributed by atoms with van der Waals surface area (Å²) >= 11 is 0. The highest BCUT2D eigenvalue weighted by molar-refractivity contribution is 5.72. The van der Waals surface area contributed by atoms with E-state index in [2.05, 4.69) is 82.6 Å². The van der Waals surface area contributed by atoms with Gasteiger partial charge in [-0.15, -0.1) is 0 Å². The molecule has 0 radical (unpaired) electrons. The Morgan fingerprint density at radius 1 is 0.969 bits per heavy atom. The van der Waals surface area contributed by atoms with Crippen LogP contribution in [0.3, 0.4) is 0 Å². The van der Waals surface area contributed by atoms with Crippen LogP contribution in [-0.4, -0.2) is 37.7 Å². The molecule has 0 unspecified atom stereocenters. The second-order valence-corrected chi connectivity index (χ2v) is 8.46. The van der Waals surface area contributed by atoms with Gasteiger partial charge in [0.25, 0.3) is 0 Å². The lowest BCUT2D eigenvalue weighted by Gasteiger charge is -2.32. The van der Waals surface area contributed by atoms with Gasteiger partial charge in [0.2, 0.25) is 0 Å². The molecule has 0 N–H and O–H groups in total. The van der Waals surface area contributed by atoms with E-state index in [1.54, 1.807) is 7.11 Å². The summed E-state index contributed by atoms with van der Waals surface area (Å²) in [5.74, 6) is 1.86. The Balaban J connectivity index is 1.33. The van der Waals surface area contributed by atoms with Gasteiger partial charge in [0.1, 0.15) is 18.1 Å². The van der Waals surface area contributed by atoms with E-state index in [1.165, 1.54) is 29.7 Å². The molecule has 1 fully saturated rings. The molecule has 2 heterocycles. The lowest BCUT2D eigenvalue weighted by Crippen LogP contribution is -2.38. The monoisotopic (exact) mass is 426 g/mol. The number of hydrogen-bond donors (Lipinski definition) is 0. The Bertz CT molecular complexity index is 1030. The molecule has 1 atom stereocenters. The molecular weight excluding hydrogens is 396 g/mol. The summed E-state index contributed by atoms with van der Waals surface area (Å²) in [4.78, 5) is 5.07. The Morgan fingerprint density at radius 2 is 1.75 bits per heavy atom. The summed E-state index contributed by atoms with van der Waals surface area (Å²) < 4.78 is 11.4. The summed E-state index contributed by atoms with van der Waals surface area (Å²) in [6.45, 7) is 3.69. The molecule has 0 amide bonds. The number of methoxy groups -OCH3 is 1. The van der Waals surface area contributed by atoms with Crippen molar-refractivity contribution in [3.63, 3.8) is 0 Å². The summed E-state index contributed by atoms with van der Waals surface area (Å²) in [7, 11) is 1.70. The van der Waals surface area contributed by atoms with Gasteiger partial charge in [-0.2, -0.15) is 0 Å². The number of benzene rings is 3. The van der Waals surface area contributed by atoms with Crippen LogP contribution in [0.5, 0.6) is 11.5 Å². The van der Waals surface area contributed by atoms with Gasteiger partial charge in [-0.25, -0.2) is 0 Å². The molecule has 4 heteroatoms. The highest BCUT2D eigenvalue weighted by Crippen LogP contribution is 2.40. The van der Waals surface area contributed by atoms with Crippen LogP contribution in [0, 0.1) is 0 Å². The molecule has 2 aliphatic heterocycles. The number of likely N-dealkylation sites (tertiary alicyclic amines) is 1. The maximum atomic E-state index is 6.15. The van der Waals surface area contributed by atoms with Crippen molar-refractivity contribution in [2.75, 3.05) is 31.6 Å². The standard InChI is InChI=1S/C28H30N2O2/c1-31-25-16-14-22(15-17-25)8-6-18-29-19-7-10-24(29)20-30-26-11-3-2-9-23(26)21-32-28-13-5-4-12-27(28)30/h2-6,8-9,11-17,24H,7,10,18-21H2,1H3/t24-/m1/s1. The van der Waals surface area contributed by atoms with Crippen molar-refractivity contribution in [1.29, 1.82) is 0 Å². The zero-order chi connectivity index (χ0) is 21.8. The molecule has 0 aromatic heterocycles. The molecule has 0 aliphatic carbocycles. The van der Waals surface area contributed by atoms with Crippen LogP contribution in [0.25, 0.3) is 6.08 Å². The number of hydrogen-bond acceptors (Lipinski definition) is 4. The van der Waals surface area contributed by atoms with Crippen LogP contribution in [0.4, 0.5) is 11.4 Å². The number of para-hydroxylation sites is 3. The van der Waals surface area contributed by atoms with Crippen LogP contribution >= 0.6 is 0 Å². The average molecular weight is 427 g/mol. The van der Waals surface area contributed by atoms with Crippen molar-refractivity contribution >= 4 is 17.5 Å². The number of nitrogens with zero attached hydrogens (tertiary/aromatic N) is 2. The molecule has 32 heavy (non-hydrogen) atoms. The third kappa shape index (κ3) is 4.37. The molecular formula is C28H30N2O2. The minimum absolute atomic E-state index is 0.509. The van der Waals surface area contributed by atoms with Crippen molar-refractivity contribution < 1.29 is 9.47 Å². The van der Waals surface area contributed by atoms with Crippen molar-refractivity contribution in [1.82, 2.24) is 4.90 Å². The summed E-state index contributed by atoms with van der Waals surface area (Å²) in [5.41, 5.74) is 4.87. The fourth-order valence-electron chi connectivity index (χ4n) is 4.77. The van der Waals surface area contributed by atoms with Crippen LogP contribution < -0.4 is 14.4 Å².